The van der Waals surface area contributed by atoms with Gasteiger partial charge in [0.2, 0.25) is 0 Å². The van der Waals surface area contributed by atoms with E-state index in [0.717, 1.165) is 31.7 Å². The molecule has 178 valence electrons. The molecule has 0 saturated carbocycles. The summed E-state index contributed by atoms with van der Waals surface area (Å²) in [6.07, 6.45) is 11.2. The van der Waals surface area contributed by atoms with Crippen LogP contribution in [0.4, 0.5) is 0 Å². The van der Waals surface area contributed by atoms with E-state index in [1.54, 1.807) is 0 Å². The zero-order valence-electron chi connectivity index (χ0n) is 22.3. The minimum Gasteiger partial charge on any atom is -0.333 e. The van der Waals surface area contributed by atoms with E-state index in [1.807, 2.05) is 6.20 Å². The first kappa shape index (κ1) is 24.8. The SMILES string of the molecule is CC(C)(C)C(C)(C)N1CCn2ccnc2C1.CC(C)(C)C(C)(C)N1[C@@H]2CCC[C@H]1CC2. The molecule has 4 heterocycles. The zero-order chi connectivity index (χ0) is 23.2. The highest BCUT2D eigenvalue weighted by Gasteiger charge is 2.48. The van der Waals surface area contributed by atoms with Crippen LogP contribution in [0.25, 0.3) is 0 Å². The van der Waals surface area contributed by atoms with Crippen molar-refractivity contribution < 1.29 is 0 Å². The molecule has 3 aliphatic rings. The first-order valence-electron chi connectivity index (χ1n) is 12.7. The van der Waals surface area contributed by atoms with Gasteiger partial charge in [-0.1, -0.05) is 48.0 Å². The lowest BCUT2D eigenvalue weighted by atomic mass is 9.73. The van der Waals surface area contributed by atoms with Gasteiger partial charge in [0.25, 0.3) is 0 Å². The molecule has 2 atom stereocenters. The fraction of sp³-hybridized carbons (Fsp3) is 0.889. The summed E-state index contributed by atoms with van der Waals surface area (Å²) in [5, 5.41) is 0. The fourth-order valence-corrected chi connectivity index (χ4v) is 5.54. The number of fused-ring (bicyclic) bond motifs is 3. The van der Waals surface area contributed by atoms with Gasteiger partial charge in [-0.25, -0.2) is 4.98 Å². The number of imidazole rings is 1. The van der Waals surface area contributed by atoms with Crippen LogP contribution in [-0.2, 0) is 13.1 Å². The lowest BCUT2D eigenvalue weighted by Crippen LogP contribution is -2.58. The summed E-state index contributed by atoms with van der Waals surface area (Å²) >= 11 is 0. The Labute approximate surface area is 192 Å². The van der Waals surface area contributed by atoms with Gasteiger partial charge >= 0.3 is 0 Å². The molecule has 0 aliphatic carbocycles. The predicted molar refractivity (Wildman–Crippen MR) is 132 cm³/mol. The number of hydrogen-bond acceptors (Lipinski definition) is 3. The van der Waals surface area contributed by atoms with Crippen LogP contribution >= 0.6 is 0 Å². The Morgan fingerprint density at radius 3 is 1.81 bits per heavy atom. The number of nitrogens with zero attached hydrogens (tertiary/aromatic N) is 4. The maximum absolute atomic E-state index is 4.42. The molecule has 1 aromatic rings. The highest BCUT2D eigenvalue weighted by atomic mass is 15.3. The van der Waals surface area contributed by atoms with Crippen molar-refractivity contribution in [2.24, 2.45) is 10.8 Å². The third-order valence-corrected chi connectivity index (χ3v) is 9.55. The molecule has 1 aromatic heterocycles. The van der Waals surface area contributed by atoms with Crippen molar-refractivity contribution in [3.63, 3.8) is 0 Å². The van der Waals surface area contributed by atoms with E-state index < -0.39 is 0 Å². The molecule has 0 radical (unpaired) electrons. The Bertz CT molecular complexity index is 715. The van der Waals surface area contributed by atoms with Crippen LogP contribution in [0.15, 0.2) is 12.4 Å². The highest BCUT2D eigenvalue weighted by Crippen LogP contribution is 2.46. The molecule has 4 heteroatoms. The van der Waals surface area contributed by atoms with Gasteiger partial charge in [0.05, 0.1) is 6.54 Å². The van der Waals surface area contributed by atoms with Gasteiger partial charge in [-0.2, -0.15) is 0 Å². The first-order valence-corrected chi connectivity index (χ1v) is 12.7. The standard InChI is InChI=1S/C14H27N.C13H23N3/c1-13(2,3)14(4,5)15-11-7-6-8-12(15)10-9-11;1-12(2,3)13(4,5)16-9-8-15-7-6-14-11(15)10-16/h11-12H,6-10H2,1-5H3;6-7H,8-10H2,1-5H3/t11-,12+;. The summed E-state index contributed by atoms with van der Waals surface area (Å²) < 4.78 is 2.26. The third kappa shape index (κ3) is 4.76. The molecule has 31 heavy (non-hydrogen) atoms. The van der Waals surface area contributed by atoms with Crippen LogP contribution in [0, 0.1) is 10.8 Å². The minimum atomic E-state index is 0.199. The van der Waals surface area contributed by atoms with Crippen LogP contribution in [-0.4, -0.2) is 49.1 Å². The summed E-state index contributed by atoms with van der Waals surface area (Å²) in [5.74, 6) is 1.20. The number of hydrogen-bond donors (Lipinski definition) is 0. The molecular weight excluding hydrogens is 380 g/mol. The Balaban J connectivity index is 0.000000176. The fourth-order valence-electron chi connectivity index (χ4n) is 5.54. The molecular formula is C27H50N4. The quantitative estimate of drug-likeness (QED) is 0.546. The van der Waals surface area contributed by atoms with Gasteiger partial charge in [-0.15, -0.1) is 0 Å². The zero-order valence-corrected chi connectivity index (χ0v) is 22.3. The van der Waals surface area contributed by atoms with Crippen molar-refractivity contribution >= 4 is 0 Å². The summed E-state index contributed by atoms with van der Waals surface area (Å²) in [5.41, 5.74) is 1.20. The Morgan fingerprint density at radius 1 is 0.742 bits per heavy atom. The smallest absolute Gasteiger partial charge is 0.122 e. The molecule has 0 amide bonds. The van der Waals surface area contributed by atoms with Gasteiger partial charge in [0.1, 0.15) is 5.82 Å². The van der Waals surface area contributed by atoms with Gasteiger partial charge in [0, 0.05) is 48.6 Å². The van der Waals surface area contributed by atoms with Crippen LogP contribution in [0.3, 0.4) is 0 Å². The first-order chi connectivity index (χ1) is 14.2. The second-order valence-electron chi connectivity index (χ2n) is 13.3. The molecule has 4 rings (SSSR count). The average molecular weight is 431 g/mol. The monoisotopic (exact) mass is 430 g/mol. The van der Waals surface area contributed by atoms with E-state index in [0.29, 0.717) is 11.0 Å². The van der Waals surface area contributed by atoms with E-state index in [9.17, 15) is 0 Å². The lowest BCUT2D eigenvalue weighted by Gasteiger charge is -2.53. The molecule has 2 fully saturated rings. The third-order valence-electron chi connectivity index (χ3n) is 9.55. The van der Waals surface area contributed by atoms with Gasteiger partial charge in [-0.05, 0) is 64.2 Å². The van der Waals surface area contributed by atoms with Crippen molar-refractivity contribution in [2.75, 3.05) is 6.54 Å². The van der Waals surface area contributed by atoms with E-state index in [2.05, 4.69) is 94.8 Å². The lowest BCUT2D eigenvalue weighted by molar-refractivity contribution is -0.0351. The molecule has 0 N–H and O–H groups in total. The van der Waals surface area contributed by atoms with Crippen LogP contribution < -0.4 is 0 Å². The molecule has 2 bridgehead atoms. The molecule has 0 aromatic carbocycles. The number of aromatic nitrogens is 2. The van der Waals surface area contributed by atoms with Crippen molar-refractivity contribution in [3.8, 4) is 0 Å². The molecule has 2 saturated heterocycles. The summed E-state index contributed by atoms with van der Waals surface area (Å²) in [6, 6.07) is 1.77. The second-order valence-corrected chi connectivity index (χ2v) is 13.3. The van der Waals surface area contributed by atoms with Crippen molar-refractivity contribution in [1.82, 2.24) is 19.4 Å². The molecule has 4 nitrogen and oxygen atoms in total. The second kappa shape index (κ2) is 8.48. The van der Waals surface area contributed by atoms with Crippen molar-refractivity contribution in [2.45, 2.75) is 138 Å². The van der Waals surface area contributed by atoms with E-state index in [4.69, 9.17) is 0 Å². The summed E-state index contributed by atoms with van der Waals surface area (Å²) in [6.45, 7) is 26.8. The highest BCUT2D eigenvalue weighted by molar-refractivity contribution is 5.04. The largest absolute Gasteiger partial charge is 0.333 e. The maximum atomic E-state index is 4.42. The minimum absolute atomic E-state index is 0.199. The summed E-state index contributed by atoms with van der Waals surface area (Å²) in [7, 11) is 0. The van der Waals surface area contributed by atoms with Crippen molar-refractivity contribution in [1.29, 1.82) is 0 Å². The summed E-state index contributed by atoms with van der Waals surface area (Å²) in [4.78, 5) is 9.83. The topological polar surface area (TPSA) is 24.3 Å². The van der Waals surface area contributed by atoms with E-state index >= 15 is 0 Å². The van der Waals surface area contributed by atoms with E-state index in [1.165, 1.54) is 37.9 Å². The Kier molecular flexibility index (Phi) is 6.78. The molecule has 3 aliphatic heterocycles. The van der Waals surface area contributed by atoms with Crippen LogP contribution in [0.5, 0.6) is 0 Å². The average Bonchev–Trinajstić information content (AvgIpc) is 3.22. The van der Waals surface area contributed by atoms with E-state index in [-0.39, 0.29) is 11.0 Å². The maximum Gasteiger partial charge on any atom is 0.122 e. The number of piperidine rings is 1. The van der Waals surface area contributed by atoms with Gasteiger partial charge in [-0.3, -0.25) is 9.80 Å². The van der Waals surface area contributed by atoms with Gasteiger partial charge in [0.15, 0.2) is 0 Å². The van der Waals surface area contributed by atoms with Crippen LogP contribution in [0.2, 0.25) is 0 Å². The Morgan fingerprint density at radius 2 is 1.29 bits per heavy atom. The molecule has 0 spiro atoms. The van der Waals surface area contributed by atoms with Crippen molar-refractivity contribution in [3.05, 3.63) is 18.2 Å². The predicted octanol–water partition coefficient (Wildman–Crippen LogP) is 6.35. The van der Waals surface area contributed by atoms with Gasteiger partial charge < -0.3 is 4.57 Å². The normalized spacial score (nSPS) is 25.7. The Hall–Kier alpha value is -0.870. The molecule has 0 unspecified atom stereocenters. The van der Waals surface area contributed by atoms with Crippen LogP contribution in [0.1, 0.15) is 107 Å². The number of rotatable bonds is 2.